The predicted molar refractivity (Wildman–Crippen MR) is 134 cm³/mol. The highest BCUT2D eigenvalue weighted by atomic mass is 16.6. The molecule has 2 aliphatic rings. The van der Waals surface area contributed by atoms with Crippen LogP contribution in [0.25, 0.3) is 0 Å². The number of methoxy groups -OCH3 is 1. The molecule has 34 heavy (non-hydrogen) atoms. The van der Waals surface area contributed by atoms with Crippen molar-refractivity contribution >= 4 is 11.9 Å². The fraction of sp³-hybridized carbons (Fsp3) is 0.750. The van der Waals surface area contributed by atoms with Crippen LogP contribution >= 0.6 is 0 Å². The van der Waals surface area contributed by atoms with Crippen LogP contribution in [0.1, 0.15) is 59.2 Å². The Morgan fingerprint density at radius 3 is 2.29 bits per heavy atom. The number of aromatic nitrogens is 2. The predicted octanol–water partition coefficient (Wildman–Crippen LogP) is 3.02. The molecule has 0 atom stereocenters. The molecule has 1 saturated heterocycles. The van der Waals surface area contributed by atoms with E-state index in [0.29, 0.717) is 19.1 Å². The normalized spacial score (nSPS) is 14.8. The molecule has 0 unspecified atom stereocenters. The van der Waals surface area contributed by atoms with E-state index in [-0.39, 0.29) is 6.09 Å². The van der Waals surface area contributed by atoms with E-state index < -0.39 is 5.60 Å². The number of amides is 1. The van der Waals surface area contributed by atoms with Gasteiger partial charge in [0.15, 0.2) is 0 Å². The molecule has 1 fully saturated rings. The van der Waals surface area contributed by atoms with E-state index in [1.54, 1.807) is 18.1 Å². The molecule has 10 heteroatoms. The quantitative estimate of drug-likeness (QED) is 0.685. The smallest absolute Gasteiger partial charge is 0.410 e. The van der Waals surface area contributed by atoms with Gasteiger partial charge in [-0.25, -0.2) is 4.79 Å². The Labute approximate surface area is 205 Å². The topological polar surface area (TPSA) is 107 Å². The molecule has 1 amide bonds. The average molecular weight is 478 g/mol. The van der Waals surface area contributed by atoms with Crippen LogP contribution in [-0.2, 0) is 17.8 Å². The summed E-state index contributed by atoms with van der Waals surface area (Å²) >= 11 is 0. The maximum absolute atomic E-state index is 12.4. The number of anilines is 1. The summed E-state index contributed by atoms with van der Waals surface area (Å²) in [4.78, 5) is 27.5. The fourth-order valence-corrected chi connectivity index (χ4v) is 3.44. The molecule has 2 aliphatic heterocycles. The summed E-state index contributed by atoms with van der Waals surface area (Å²) in [5.41, 5.74) is 1.31. The summed E-state index contributed by atoms with van der Waals surface area (Å²) in [7, 11) is 3.70. The van der Waals surface area contributed by atoms with Gasteiger partial charge in [-0.2, -0.15) is 15.2 Å². The maximum atomic E-state index is 12.4. The highest BCUT2D eigenvalue weighted by Crippen LogP contribution is 2.32. The van der Waals surface area contributed by atoms with Crippen molar-refractivity contribution in [1.29, 1.82) is 5.26 Å². The Bertz CT molecular complexity index is 799. The number of nitrogens with one attached hydrogen (secondary N) is 1. The molecule has 192 valence electrons. The minimum Gasteiger partial charge on any atom is -0.467 e. The first-order chi connectivity index (χ1) is 16.1. The first-order valence-electron chi connectivity index (χ1n) is 12.0. The van der Waals surface area contributed by atoms with Crippen molar-refractivity contribution in [3.63, 3.8) is 0 Å². The van der Waals surface area contributed by atoms with E-state index in [9.17, 15) is 4.79 Å². The highest BCUT2D eigenvalue weighted by Gasteiger charge is 2.33. The molecule has 1 N–H and O–H groups in total. The largest absolute Gasteiger partial charge is 0.467 e. The number of carbonyl (C=O) groups is 1. The van der Waals surface area contributed by atoms with Gasteiger partial charge in [0.05, 0.1) is 32.0 Å². The second-order valence-corrected chi connectivity index (χ2v) is 9.15. The maximum Gasteiger partial charge on any atom is 0.410 e. The molecule has 3 heterocycles. The number of carbonyl (C=O) groups excluding carboxylic acids is 1. The number of rotatable bonds is 5. The van der Waals surface area contributed by atoms with E-state index in [1.165, 1.54) is 26.4 Å². The fourth-order valence-electron chi connectivity index (χ4n) is 3.44. The van der Waals surface area contributed by atoms with E-state index in [1.807, 2.05) is 20.8 Å². The molecular formula is C24H43N7O3. The zero-order valence-corrected chi connectivity index (χ0v) is 22.3. The van der Waals surface area contributed by atoms with Gasteiger partial charge in [-0.1, -0.05) is 13.8 Å². The first-order valence-corrected chi connectivity index (χ1v) is 12.0. The van der Waals surface area contributed by atoms with Crippen LogP contribution in [0.4, 0.5) is 10.6 Å². The first kappa shape index (κ1) is 29.4. The van der Waals surface area contributed by atoms with Gasteiger partial charge in [0.2, 0.25) is 0 Å². The van der Waals surface area contributed by atoms with Crippen LogP contribution in [0.3, 0.4) is 0 Å². The van der Waals surface area contributed by atoms with Crippen LogP contribution in [0.2, 0.25) is 0 Å². The van der Waals surface area contributed by atoms with Gasteiger partial charge in [0.25, 0.3) is 0 Å². The van der Waals surface area contributed by atoms with Gasteiger partial charge in [-0.05, 0) is 47.3 Å². The Morgan fingerprint density at radius 1 is 1.21 bits per heavy atom. The van der Waals surface area contributed by atoms with Crippen molar-refractivity contribution in [2.45, 2.75) is 66.7 Å². The van der Waals surface area contributed by atoms with Gasteiger partial charge >= 0.3 is 12.1 Å². The lowest BCUT2D eigenvalue weighted by molar-refractivity contribution is 0.0240. The Morgan fingerprint density at radius 2 is 1.82 bits per heavy atom. The molecule has 3 rings (SSSR count). The molecule has 0 bridgehead atoms. The van der Waals surface area contributed by atoms with Crippen LogP contribution in [0.15, 0.2) is 0 Å². The van der Waals surface area contributed by atoms with Gasteiger partial charge in [-0.3, -0.25) is 4.90 Å². The van der Waals surface area contributed by atoms with Crippen molar-refractivity contribution in [3.05, 3.63) is 11.3 Å². The van der Waals surface area contributed by atoms with E-state index in [0.717, 1.165) is 43.3 Å². The molecule has 10 nitrogen and oxygen atoms in total. The van der Waals surface area contributed by atoms with Crippen molar-refractivity contribution in [1.82, 2.24) is 25.1 Å². The van der Waals surface area contributed by atoms with Gasteiger partial charge in [0, 0.05) is 38.7 Å². The lowest BCUT2D eigenvalue weighted by Crippen LogP contribution is -2.44. The summed E-state index contributed by atoms with van der Waals surface area (Å²) in [6.45, 7) is 18.3. The van der Waals surface area contributed by atoms with Crippen molar-refractivity contribution < 1.29 is 14.3 Å². The molecule has 0 radical (unpaired) electrons. The lowest BCUT2D eigenvalue weighted by Gasteiger charge is -2.30. The second kappa shape index (κ2) is 14.6. The monoisotopic (exact) mass is 477 g/mol. The minimum absolute atomic E-state index is 0.328. The number of nitriles is 1. The SMILES string of the molecule is CC#N.CCCN(C)CC.COc1nc2c(c(N3CCNCC3)n1)CN(C(=O)OC(C)(C)C)C2. The van der Waals surface area contributed by atoms with E-state index in [2.05, 4.69) is 46.0 Å². The number of ether oxygens (including phenoxy) is 2. The standard InChI is InChI=1S/C16H25N5O3.C6H15N.C2H3N/c1-16(2,3)24-15(22)21-9-11-12(10-21)18-14(23-4)19-13(11)20-7-5-17-6-8-20;1-4-6-7(3)5-2;1-2-3/h17H,5-10H2,1-4H3;4-6H2,1-3H3;1H3. The molecule has 0 spiro atoms. The van der Waals surface area contributed by atoms with Crippen molar-refractivity contribution in [3.8, 4) is 12.1 Å². The summed E-state index contributed by atoms with van der Waals surface area (Å²) in [5, 5.41) is 10.7. The molecule has 0 aromatic carbocycles. The Kier molecular flexibility index (Phi) is 12.6. The summed E-state index contributed by atoms with van der Waals surface area (Å²) in [6, 6.07) is 2.09. The number of piperazine rings is 1. The molecule has 1 aromatic rings. The Hall–Kier alpha value is -2.64. The van der Waals surface area contributed by atoms with Gasteiger partial charge in [-0.15, -0.1) is 0 Å². The number of hydrogen-bond donors (Lipinski definition) is 1. The van der Waals surface area contributed by atoms with Crippen molar-refractivity contribution in [2.24, 2.45) is 0 Å². The Balaban J connectivity index is 0.000000491. The number of hydrogen-bond acceptors (Lipinski definition) is 9. The lowest BCUT2D eigenvalue weighted by atomic mass is 10.2. The summed E-state index contributed by atoms with van der Waals surface area (Å²) in [5.74, 6) is 0.865. The van der Waals surface area contributed by atoms with Crippen molar-refractivity contribution in [2.75, 3.05) is 58.3 Å². The third kappa shape index (κ3) is 9.69. The van der Waals surface area contributed by atoms with Crippen LogP contribution in [0, 0.1) is 11.3 Å². The van der Waals surface area contributed by atoms with E-state index in [4.69, 9.17) is 14.7 Å². The number of nitrogens with zero attached hydrogens (tertiary/aromatic N) is 6. The van der Waals surface area contributed by atoms with Crippen LogP contribution in [-0.4, -0.2) is 84.9 Å². The number of fused-ring (bicyclic) bond motifs is 1. The van der Waals surface area contributed by atoms with Crippen LogP contribution in [0.5, 0.6) is 6.01 Å². The molecule has 1 aromatic heterocycles. The van der Waals surface area contributed by atoms with Gasteiger partial charge in [0.1, 0.15) is 11.4 Å². The zero-order valence-electron chi connectivity index (χ0n) is 22.3. The summed E-state index contributed by atoms with van der Waals surface area (Å²) in [6.07, 6.45) is 0.940. The third-order valence-electron chi connectivity index (χ3n) is 5.14. The molecule has 0 saturated carbocycles. The zero-order chi connectivity index (χ0) is 25.7. The average Bonchev–Trinajstić information content (AvgIpc) is 3.23. The highest BCUT2D eigenvalue weighted by molar-refractivity contribution is 5.70. The summed E-state index contributed by atoms with van der Waals surface area (Å²) < 4.78 is 10.7. The molecular weight excluding hydrogens is 434 g/mol. The second-order valence-electron chi connectivity index (χ2n) is 9.15. The van der Waals surface area contributed by atoms with E-state index >= 15 is 0 Å². The van der Waals surface area contributed by atoms with Gasteiger partial charge < -0.3 is 24.6 Å². The minimum atomic E-state index is -0.517. The molecule has 0 aliphatic carbocycles. The van der Waals surface area contributed by atoms with Crippen LogP contribution < -0.4 is 15.0 Å². The third-order valence-corrected chi connectivity index (χ3v) is 5.14.